The lowest BCUT2D eigenvalue weighted by molar-refractivity contribution is 0.0975. The number of Topliss-reactive ketones (excluding diaryl/α,β-unsaturated/α-hetero) is 1. The van der Waals surface area contributed by atoms with E-state index in [1.807, 2.05) is 30.3 Å². The third-order valence-electron chi connectivity index (χ3n) is 2.67. The quantitative estimate of drug-likeness (QED) is 0.726. The molecular formula is C14H15NO. The van der Waals surface area contributed by atoms with Gasteiger partial charge in [0.25, 0.3) is 0 Å². The fourth-order valence-corrected chi connectivity index (χ4v) is 1.70. The maximum Gasteiger partial charge on any atom is 0.181 e. The highest BCUT2D eigenvalue weighted by atomic mass is 16.1. The van der Waals surface area contributed by atoms with E-state index in [0.717, 1.165) is 23.6 Å². The molecule has 1 aromatic heterocycles. The summed E-state index contributed by atoms with van der Waals surface area (Å²) in [7, 11) is 0. The molecule has 0 saturated heterocycles. The summed E-state index contributed by atoms with van der Waals surface area (Å²) in [6.45, 7) is 2.08. The van der Waals surface area contributed by atoms with Crippen LogP contribution in [0.4, 0.5) is 0 Å². The summed E-state index contributed by atoms with van der Waals surface area (Å²) in [6, 6.07) is 9.84. The van der Waals surface area contributed by atoms with Crippen molar-refractivity contribution in [1.29, 1.82) is 0 Å². The standard InChI is InChI=1S/C14H15NO/c1-2-3-8-14(16)13-9-11-6-4-5-7-12(11)10-15-13/h4-7,9-10H,2-3,8H2,1H3. The minimum absolute atomic E-state index is 0.146. The molecule has 0 aliphatic rings. The van der Waals surface area contributed by atoms with Gasteiger partial charge in [0.1, 0.15) is 5.69 Å². The zero-order chi connectivity index (χ0) is 11.4. The molecule has 82 valence electrons. The van der Waals surface area contributed by atoms with Gasteiger partial charge in [0, 0.05) is 18.0 Å². The largest absolute Gasteiger partial charge is 0.292 e. The van der Waals surface area contributed by atoms with Gasteiger partial charge >= 0.3 is 0 Å². The van der Waals surface area contributed by atoms with Gasteiger partial charge in [0.15, 0.2) is 5.78 Å². The van der Waals surface area contributed by atoms with E-state index in [9.17, 15) is 4.79 Å². The van der Waals surface area contributed by atoms with Crippen LogP contribution in [0.25, 0.3) is 10.8 Å². The number of carbonyl (C=O) groups excluding carboxylic acids is 1. The van der Waals surface area contributed by atoms with E-state index in [0.29, 0.717) is 12.1 Å². The fourth-order valence-electron chi connectivity index (χ4n) is 1.70. The molecule has 0 saturated carbocycles. The van der Waals surface area contributed by atoms with Crippen LogP contribution in [-0.4, -0.2) is 10.8 Å². The van der Waals surface area contributed by atoms with Crippen molar-refractivity contribution in [2.75, 3.05) is 0 Å². The van der Waals surface area contributed by atoms with Gasteiger partial charge in [-0.15, -0.1) is 0 Å². The topological polar surface area (TPSA) is 30.0 Å². The van der Waals surface area contributed by atoms with E-state index in [4.69, 9.17) is 0 Å². The molecule has 0 fully saturated rings. The Morgan fingerprint density at radius 1 is 1.25 bits per heavy atom. The van der Waals surface area contributed by atoms with E-state index in [2.05, 4.69) is 11.9 Å². The highest BCUT2D eigenvalue weighted by molar-refractivity contribution is 5.97. The SMILES string of the molecule is CCCCC(=O)c1cc2ccccc2cn1. The zero-order valence-corrected chi connectivity index (χ0v) is 9.44. The third kappa shape index (κ3) is 2.27. The first-order valence-corrected chi connectivity index (χ1v) is 5.69. The van der Waals surface area contributed by atoms with Crippen LogP contribution < -0.4 is 0 Å². The number of hydrogen-bond donors (Lipinski definition) is 0. The minimum atomic E-state index is 0.146. The molecule has 0 atom stereocenters. The number of pyridine rings is 1. The number of fused-ring (bicyclic) bond motifs is 1. The predicted octanol–water partition coefficient (Wildman–Crippen LogP) is 3.61. The van der Waals surface area contributed by atoms with Crippen molar-refractivity contribution in [3.63, 3.8) is 0 Å². The van der Waals surface area contributed by atoms with Crippen molar-refractivity contribution in [2.45, 2.75) is 26.2 Å². The number of benzene rings is 1. The van der Waals surface area contributed by atoms with Crippen molar-refractivity contribution in [3.05, 3.63) is 42.2 Å². The number of carbonyl (C=O) groups is 1. The molecule has 2 heteroatoms. The van der Waals surface area contributed by atoms with Crippen LogP contribution in [0.2, 0.25) is 0 Å². The second-order valence-electron chi connectivity index (χ2n) is 3.94. The lowest BCUT2D eigenvalue weighted by atomic mass is 10.1. The summed E-state index contributed by atoms with van der Waals surface area (Å²) >= 11 is 0. The van der Waals surface area contributed by atoms with Gasteiger partial charge in [-0.2, -0.15) is 0 Å². The maximum atomic E-state index is 11.8. The molecule has 2 aromatic rings. The van der Waals surface area contributed by atoms with Crippen LogP contribution >= 0.6 is 0 Å². The average Bonchev–Trinajstić information content (AvgIpc) is 2.35. The van der Waals surface area contributed by atoms with Crippen LogP contribution in [0.15, 0.2) is 36.5 Å². The summed E-state index contributed by atoms with van der Waals surface area (Å²) in [5.41, 5.74) is 0.590. The lowest BCUT2D eigenvalue weighted by Gasteiger charge is -2.01. The molecule has 0 spiro atoms. The molecule has 1 aromatic carbocycles. The summed E-state index contributed by atoms with van der Waals surface area (Å²) in [6.07, 6.45) is 4.35. The van der Waals surface area contributed by atoms with Crippen LogP contribution in [-0.2, 0) is 0 Å². The first-order valence-electron chi connectivity index (χ1n) is 5.69. The van der Waals surface area contributed by atoms with E-state index >= 15 is 0 Å². The van der Waals surface area contributed by atoms with Crippen LogP contribution in [0.1, 0.15) is 36.7 Å². The second kappa shape index (κ2) is 4.88. The monoisotopic (exact) mass is 213 g/mol. The maximum absolute atomic E-state index is 11.8. The van der Waals surface area contributed by atoms with E-state index in [1.54, 1.807) is 6.20 Å². The summed E-state index contributed by atoms with van der Waals surface area (Å²) < 4.78 is 0. The van der Waals surface area contributed by atoms with Crippen molar-refractivity contribution < 1.29 is 4.79 Å². The number of aromatic nitrogens is 1. The van der Waals surface area contributed by atoms with Crippen molar-refractivity contribution >= 4 is 16.6 Å². The molecule has 0 unspecified atom stereocenters. The highest BCUT2D eigenvalue weighted by Gasteiger charge is 2.06. The molecule has 0 amide bonds. The van der Waals surface area contributed by atoms with E-state index in [1.165, 1.54) is 0 Å². The van der Waals surface area contributed by atoms with Gasteiger partial charge in [-0.25, -0.2) is 0 Å². The first-order chi connectivity index (χ1) is 7.81. The Hall–Kier alpha value is -1.70. The van der Waals surface area contributed by atoms with Crippen molar-refractivity contribution in [3.8, 4) is 0 Å². The van der Waals surface area contributed by atoms with Gasteiger partial charge in [0.2, 0.25) is 0 Å². The summed E-state index contributed by atoms with van der Waals surface area (Å²) in [5, 5.41) is 2.16. The Balaban J connectivity index is 2.28. The van der Waals surface area contributed by atoms with E-state index < -0.39 is 0 Å². The Morgan fingerprint density at radius 3 is 2.75 bits per heavy atom. The fraction of sp³-hybridized carbons (Fsp3) is 0.286. The Kier molecular flexibility index (Phi) is 3.30. The van der Waals surface area contributed by atoms with Crippen LogP contribution in [0.5, 0.6) is 0 Å². The number of rotatable bonds is 4. The normalized spacial score (nSPS) is 10.6. The Morgan fingerprint density at radius 2 is 2.00 bits per heavy atom. The summed E-state index contributed by atoms with van der Waals surface area (Å²) in [5.74, 6) is 0.146. The molecule has 16 heavy (non-hydrogen) atoms. The second-order valence-corrected chi connectivity index (χ2v) is 3.94. The molecule has 0 bridgehead atoms. The average molecular weight is 213 g/mol. The third-order valence-corrected chi connectivity index (χ3v) is 2.67. The van der Waals surface area contributed by atoms with Crippen molar-refractivity contribution in [1.82, 2.24) is 4.98 Å². The molecule has 1 heterocycles. The van der Waals surface area contributed by atoms with Gasteiger partial charge < -0.3 is 0 Å². The lowest BCUT2D eigenvalue weighted by Crippen LogP contribution is -2.01. The highest BCUT2D eigenvalue weighted by Crippen LogP contribution is 2.14. The molecule has 0 N–H and O–H groups in total. The Bertz CT molecular complexity index is 505. The van der Waals surface area contributed by atoms with Crippen LogP contribution in [0, 0.1) is 0 Å². The first kappa shape index (κ1) is 10.8. The number of nitrogens with zero attached hydrogens (tertiary/aromatic N) is 1. The molecular weight excluding hydrogens is 198 g/mol. The molecule has 2 nitrogen and oxygen atoms in total. The number of unbranched alkanes of at least 4 members (excludes halogenated alkanes) is 1. The van der Waals surface area contributed by atoms with Gasteiger partial charge in [0.05, 0.1) is 0 Å². The van der Waals surface area contributed by atoms with E-state index in [-0.39, 0.29) is 5.78 Å². The molecule has 2 rings (SSSR count). The number of hydrogen-bond acceptors (Lipinski definition) is 2. The van der Waals surface area contributed by atoms with Gasteiger partial charge in [-0.3, -0.25) is 9.78 Å². The van der Waals surface area contributed by atoms with Crippen LogP contribution in [0.3, 0.4) is 0 Å². The Labute approximate surface area is 95.3 Å². The molecule has 0 aliphatic heterocycles. The number of ketones is 1. The van der Waals surface area contributed by atoms with Gasteiger partial charge in [-0.05, 0) is 17.9 Å². The molecule has 0 radical (unpaired) electrons. The van der Waals surface area contributed by atoms with Crippen molar-refractivity contribution in [2.24, 2.45) is 0 Å². The molecule has 0 aliphatic carbocycles. The minimum Gasteiger partial charge on any atom is -0.292 e. The zero-order valence-electron chi connectivity index (χ0n) is 9.44. The summed E-state index contributed by atoms with van der Waals surface area (Å²) in [4.78, 5) is 16.0. The predicted molar refractivity (Wildman–Crippen MR) is 65.6 cm³/mol. The van der Waals surface area contributed by atoms with Gasteiger partial charge in [-0.1, -0.05) is 37.6 Å². The smallest absolute Gasteiger partial charge is 0.181 e.